The number of H-pyrrole nitrogens is 1. The average molecular weight is 340 g/mol. The van der Waals surface area contributed by atoms with Gasteiger partial charge in [0.1, 0.15) is 18.0 Å². The van der Waals surface area contributed by atoms with Gasteiger partial charge in [-0.1, -0.05) is 18.2 Å². The molecule has 0 bridgehead atoms. The van der Waals surface area contributed by atoms with E-state index in [-0.39, 0.29) is 29.3 Å². The highest BCUT2D eigenvalue weighted by Crippen LogP contribution is 2.31. The molecule has 2 aromatic carbocycles. The molecule has 7 nitrogen and oxygen atoms in total. The molecule has 0 amide bonds. The number of methoxy groups -OCH3 is 2. The number of carbonyl (C=O) groups is 1. The van der Waals surface area contributed by atoms with Crippen molar-refractivity contribution in [3.8, 4) is 11.5 Å². The number of hydrogen-bond donors (Lipinski definition) is 1. The summed E-state index contributed by atoms with van der Waals surface area (Å²) >= 11 is 0. The predicted octanol–water partition coefficient (Wildman–Crippen LogP) is 2.30. The number of nitrogens with zero attached hydrogens (tertiary/aromatic N) is 1. The van der Waals surface area contributed by atoms with Gasteiger partial charge in [0.05, 0.1) is 25.1 Å². The van der Waals surface area contributed by atoms with Crippen molar-refractivity contribution in [2.75, 3.05) is 14.2 Å². The zero-order valence-electron chi connectivity index (χ0n) is 13.7. The van der Waals surface area contributed by atoms with E-state index in [4.69, 9.17) is 14.2 Å². The zero-order chi connectivity index (χ0) is 17.8. The maximum Gasteiger partial charge on any atom is 0.342 e. The van der Waals surface area contributed by atoms with Gasteiger partial charge in [0.25, 0.3) is 5.56 Å². The molecule has 0 saturated carbocycles. The average Bonchev–Trinajstić information content (AvgIpc) is 2.65. The SMILES string of the molecule is COc1cccc(C(=O)OCc2nc3ccccc3c(=O)[nH]2)c1OC. The third-order valence-corrected chi connectivity index (χ3v) is 3.62. The summed E-state index contributed by atoms with van der Waals surface area (Å²) in [4.78, 5) is 31.3. The van der Waals surface area contributed by atoms with Crippen LogP contribution in [0.2, 0.25) is 0 Å². The fraction of sp³-hybridized carbons (Fsp3) is 0.167. The molecule has 0 saturated heterocycles. The molecule has 1 aromatic heterocycles. The minimum absolute atomic E-state index is 0.167. The van der Waals surface area contributed by atoms with Crippen LogP contribution >= 0.6 is 0 Å². The van der Waals surface area contributed by atoms with E-state index < -0.39 is 5.97 Å². The maximum absolute atomic E-state index is 12.3. The number of nitrogens with one attached hydrogen (secondary N) is 1. The Morgan fingerprint density at radius 3 is 2.64 bits per heavy atom. The quantitative estimate of drug-likeness (QED) is 0.717. The number of fused-ring (bicyclic) bond motifs is 1. The number of para-hydroxylation sites is 2. The Labute approximate surface area is 143 Å². The number of benzene rings is 2. The predicted molar refractivity (Wildman–Crippen MR) is 91.0 cm³/mol. The first kappa shape index (κ1) is 16.5. The van der Waals surface area contributed by atoms with Crippen LogP contribution < -0.4 is 15.0 Å². The molecule has 0 radical (unpaired) electrons. The van der Waals surface area contributed by atoms with Gasteiger partial charge in [0.15, 0.2) is 11.5 Å². The highest BCUT2D eigenvalue weighted by Gasteiger charge is 2.18. The fourth-order valence-corrected chi connectivity index (χ4v) is 2.46. The molecule has 3 aromatic rings. The van der Waals surface area contributed by atoms with Crippen LogP contribution in [0.25, 0.3) is 10.9 Å². The van der Waals surface area contributed by atoms with Gasteiger partial charge in [-0.3, -0.25) is 4.79 Å². The molecule has 0 aliphatic carbocycles. The number of ether oxygens (including phenoxy) is 3. The third kappa shape index (κ3) is 3.30. The first-order valence-electron chi connectivity index (χ1n) is 7.50. The van der Waals surface area contributed by atoms with Crippen molar-refractivity contribution < 1.29 is 19.0 Å². The Bertz CT molecular complexity index is 981. The van der Waals surface area contributed by atoms with Crippen LogP contribution in [0.3, 0.4) is 0 Å². The molecule has 1 N–H and O–H groups in total. The minimum atomic E-state index is -0.605. The van der Waals surface area contributed by atoms with Gasteiger partial charge in [0.2, 0.25) is 0 Å². The summed E-state index contributed by atoms with van der Waals surface area (Å²) < 4.78 is 15.6. The van der Waals surface area contributed by atoms with E-state index in [0.717, 1.165) is 0 Å². The summed E-state index contributed by atoms with van der Waals surface area (Å²) in [6.07, 6.45) is 0. The number of carbonyl (C=O) groups excluding carboxylic acids is 1. The van der Waals surface area contributed by atoms with Gasteiger partial charge in [-0.2, -0.15) is 0 Å². The van der Waals surface area contributed by atoms with Crippen LogP contribution in [-0.2, 0) is 11.3 Å². The maximum atomic E-state index is 12.3. The first-order chi connectivity index (χ1) is 12.1. The molecule has 3 rings (SSSR count). The molecule has 0 aliphatic rings. The summed E-state index contributed by atoms with van der Waals surface area (Å²) in [5.74, 6) is 0.370. The van der Waals surface area contributed by atoms with Crippen molar-refractivity contribution in [1.82, 2.24) is 9.97 Å². The van der Waals surface area contributed by atoms with E-state index in [0.29, 0.717) is 16.7 Å². The molecule has 1 heterocycles. The first-order valence-corrected chi connectivity index (χ1v) is 7.50. The van der Waals surface area contributed by atoms with E-state index in [1.54, 1.807) is 42.5 Å². The molecule has 0 atom stereocenters. The van der Waals surface area contributed by atoms with Crippen LogP contribution in [0, 0.1) is 0 Å². The second kappa shape index (κ2) is 7.04. The monoisotopic (exact) mass is 340 g/mol. The highest BCUT2D eigenvalue weighted by molar-refractivity contribution is 5.93. The fourth-order valence-electron chi connectivity index (χ4n) is 2.46. The molecule has 25 heavy (non-hydrogen) atoms. The number of aromatic amines is 1. The van der Waals surface area contributed by atoms with Crippen LogP contribution in [0.5, 0.6) is 11.5 Å². The van der Waals surface area contributed by atoms with E-state index in [2.05, 4.69) is 9.97 Å². The van der Waals surface area contributed by atoms with Gasteiger partial charge in [-0.05, 0) is 24.3 Å². The van der Waals surface area contributed by atoms with Crippen molar-refractivity contribution in [2.24, 2.45) is 0 Å². The van der Waals surface area contributed by atoms with Crippen LogP contribution in [0.1, 0.15) is 16.2 Å². The molecule has 0 aliphatic heterocycles. The van der Waals surface area contributed by atoms with Gasteiger partial charge < -0.3 is 19.2 Å². The standard InChI is InChI=1S/C18H16N2O5/c1-23-14-9-5-7-12(16(14)24-2)18(22)25-10-15-19-13-8-4-3-6-11(13)17(21)20-15/h3-9H,10H2,1-2H3,(H,19,20,21). The van der Waals surface area contributed by atoms with Crippen LogP contribution in [0.15, 0.2) is 47.3 Å². The topological polar surface area (TPSA) is 90.5 Å². The Balaban J connectivity index is 1.83. The smallest absolute Gasteiger partial charge is 0.342 e. The summed E-state index contributed by atoms with van der Waals surface area (Å²) in [6, 6.07) is 11.9. The van der Waals surface area contributed by atoms with E-state index in [1.165, 1.54) is 14.2 Å². The summed E-state index contributed by atoms with van der Waals surface area (Å²) in [5.41, 5.74) is 0.483. The summed E-state index contributed by atoms with van der Waals surface area (Å²) in [6.45, 7) is -0.167. The minimum Gasteiger partial charge on any atom is -0.493 e. The van der Waals surface area contributed by atoms with E-state index in [9.17, 15) is 9.59 Å². The van der Waals surface area contributed by atoms with Crippen LogP contribution in [0.4, 0.5) is 0 Å². The Kier molecular flexibility index (Phi) is 4.65. The zero-order valence-corrected chi connectivity index (χ0v) is 13.7. The molecular formula is C18H16N2O5. The third-order valence-electron chi connectivity index (χ3n) is 3.62. The largest absolute Gasteiger partial charge is 0.493 e. The molecule has 0 spiro atoms. The number of hydrogen-bond acceptors (Lipinski definition) is 6. The lowest BCUT2D eigenvalue weighted by molar-refractivity contribution is 0.0458. The number of aromatic nitrogens is 2. The van der Waals surface area contributed by atoms with Gasteiger partial charge in [-0.25, -0.2) is 9.78 Å². The lowest BCUT2D eigenvalue weighted by atomic mass is 10.2. The number of esters is 1. The van der Waals surface area contributed by atoms with Crippen molar-refractivity contribution >= 4 is 16.9 Å². The van der Waals surface area contributed by atoms with Crippen molar-refractivity contribution in [2.45, 2.75) is 6.61 Å². The lowest BCUT2D eigenvalue weighted by Gasteiger charge is -2.12. The highest BCUT2D eigenvalue weighted by atomic mass is 16.5. The summed E-state index contributed by atoms with van der Waals surface area (Å²) in [5, 5.41) is 0.479. The number of rotatable bonds is 5. The molecular weight excluding hydrogens is 324 g/mol. The molecule has 0 fully saturated rings. The second-order valence-electron chi connectivity index (χ2n) is 5.15. The lowest BCUT2D eigenvalue weighted by Crippen LogP contribution is -2.15. The van der Waals surface area contributed by atoms with E-state index in [1.807, 2.05) is 0 Å². The van der Waals surface area contributed by atoms with Crippen LogP contribution in [-0.4, -0.2) is 30.2 Å². The Morgan fingerprint density at radius 1 is 1.08 bits per heavy atom. The van der Waals surface area contributed by atoms with Crippen molar-refractivity contribution in [3.63, 3.8) is 0 Å². The molecule has 7 heteroatoms. The Morgan fingerprint density at radius 2 is 1.88 bits per heavy atom. The molecule has 128 valence electrons. The van der Waals surface area contributed by atoms with E-state index >= 15 is 0 Å². The summed E-state index contributed by atoms with van der Waals surface area (Å²) in [7, 11) is 2.92. The second-order valence-corrected chi connectivity index (χ2v) is 5.15. The normalized spacial score (nSPS) is 10.5. The van der Waals surface area contributed by atoms with Gasteiger partial charge >= 0.3 is 5.97 Å². The van der Waals surface area contributed by atoms with Crippen molar-refractivity contribution in [1.29, 1.82) is 0 Å². The van der Waals surface area contributed by atoms with Gasteiger partial charge in [-0.15, -0.1) is 0 Å². The van der Waals surface area contributed by atoms with Gasteiger partial charge in [0, 0.05) is 0 Å². The van der Waals surface area contributed by atoms with Crippen molar-refractivity contribution in [3.05, 3.63) is 64.2 Å². The Hall–Kier alpha value is -3.35. The molecule has 0 unspecified atom stereocenters.